The van der Waals surface area contributed by atoms with Crippen molar-refractivity contribution in [2.24, 2.45) is 0 Å². The zero-order valence-corrected chi connectivity index (χ0v) is 19.1. The Hall–Kier alpha value is -2.73. The topological polar surface area (TPSA) is 49.4 Å². The van der Waals surface area contributed by atoms with Gasteiger partial charge in [0.15, 0.2) is 0 Å². The first kappa shape index (κ1) is 21.5. The van der Waals surface area contributed by atoms with E-state index in [1.54, 1.807) is 12.1 Å². The molecule has 31 heavy (non-hydrogen) atoms. The number of carbonyl (C=O) groups excluding carboxylic acids is 2. The molecule has 1 aliphatic heterocycles. The molecule has 3 aromatic rings. The first-order valence-electron chi connectivity index (χ1n) is 9.50. The van der Waals surface area contributed by atoms with E-state index in [2.05, 4.69) is 5.32 Å². The average molecular weight is 469 g/mol. The van der Waals surface area contributed by atoms with Gasteiger partial charge in [-0.1, -0.05) is 64.8 Å². The van der Waals surface area contributed by atoms with E-state index in [0.29, 0.717) is 15.6 Å². The lowest BCUT2D eigenvalue weighted by atomic mass is 10.2. The van der Waals surface area contributed by atoms with E-state index in [4.69, 9.17) is 23.2 Å². The van der Waals surface area contributed by atoms with Crippen LogP contribution in [0.4, 0.5) is 11.4 Å². The van der Waals surface area contributed by atoms with Crippen molar-refractivity contribution in [3.8, 4) is 0 Å². The molecule has 1 N–H and O–H groups in total. The molecular weight excluding hydrogens is 451 g/mol. The number of hydrogen-bond donors (Lipinski definition) is 1. The van der Waals surface area contributed by atoms with E-state index in [9.17, 15) is 9.59 Å². The van der Waals surface area contributed by atoms with E-state index in [1.807, 2.05) is 62.4 Å². The van der Waals surface area contributed by atoms with Crippen molar-refractivity contribution in [3.05, 3.63) is 98.5 Å². The number of hydrogen-bond acceptors (Lipinski definition) is 4. The third-order valence-electron chi connectivity index (χ3n) is 4.73. The number of carbonyl (C=O) groups is 2. The molecule has 0 atom stereocenters. The highest BCUT2D eigenvalue weighted by Crippen LogP contribution is 2.39. The number of aryl methyl sites for hydroxylation is 2. The Kier molecular flexibility index (Phi) is 6.10. The predicted octanol–water partition coefficient (Wildman–Crippen LogP) is 6.60. The third-order valence-corrected chi connectivity index (χ3v) is 6.56. The molecule has 4 rings (SSSR count). The van der Waals surface area contributed by atoms with E-state index >= 15 is 0 Å². The van der Waals surface area contributed by atoms with Crippen LogP contribution in [0.1, 0.15) is 11.1 Å². The maximum atomic E-state index is 13.4. The number of amides is 2. The van der Waals surface area contributed by atoms with Crippen molar-refractivity contribution < 1.29 is 9.59 Å². The Bertz CT molecular complexity index is 1220. The van der Waals surface area contributed by atoms with Crippen LogP contribution >= 0.6 is 35.0 Å². The van der Waals surface area contributed by atoms with Gasteiger partial charge in [0, 0.05) is 10.6 Å². The minimum atomic E-state index is -0.445. The maximum absolute atomic E-state index is 13.4. The van der Waals surface area contributed by atoms with Gasteiger partial charge in [-0.2, -0.15) is 0 Å². The Morgan fingerprint density at radius 2 is 1.55 bits per heavy atom. The van der Waals surface area contributed by atoms with Crippen LogP contribution in [0.25, 0.3) is 0 Å². The maximum Gasteiger partial charge on any atom is 0.283 e. The summed E-state index contributed by atoms with van der Waals surface area (Å²) in [6, 6.07) is 20.1. The number of benzene rings is 3. The minimum Gasteiger partial charge on any atom is -0.350 e. The molecule has 0 aromatic heterocycles. The zero-order chi connectivity index (χ0) is 22.1. The van der Waals surface area contributed by atoms with Gasteiger partial charge in [-0.25, -0.2) is 4.90 Å². The smallest absolute Gasteiger partial charge is 0.283 e. The first-order chi connectivity index (χ1) is 14.8. The number of halogens is 2. The largest absolute Gasteiger partial charge is 0.350 e. The van der Waals surface area contributed by atoms with Gasteiger partial charge in [0.2, 0.25) is 0 Å². The minimum absolute atomic E-state index is 0.229. The molecule has 0 bridgehead atoms. The van der Waals surface area contributed by atoms with Gasteiger partial charge in [-0.15, -0.1) is 0 Å². The molecule has 1 heterocycles. The fourth-order valence-electron chi connectivity index (χ4n) is 3.16. The fourth-order valence-corrected chi connectivity index (χ4v) is 4.38. The van der Waals surface area contributed by atoms with E-state index in [-0.39, 0.29) is 10.7 Å². The SMILES string of the molecule is Cc1ccc(SC2=C(Nc3cccc(C)c3)C(=O)N(c3ccc(Cl)c(Cl)c3)C2=O)cc1. The van der Waals surface area contributed by atoms with Gasteiger partial charge < -0.3 is 5.32 Å². The summed E-state index contributed by atoms with van der Waals surface area (Å²) in [5, 5.41) is 3.78. The van der Waals surface area contributed by atoms with Gasteiger partial charge in [-0.05, 0) is 61.9 Å². The van der Waals surface area contributed by atoms with E-state index < -0.39 is 11.8 Å². The summed E-state index contributed by atoms with van der Waals surface area (Å²) < 4.78 is 0. The molecular formula is C24H18Cl2N2O2S. The van der Waals surface area contributed by atoms with Gasteiger partial charge in [0.1, 0.15) is 10.6 Å². The van der Waals surface area contributed by atoms with Gasteiger partial charge in [0.05, 0.1) is 15.7 Å². The van der Waals surface area contributed by atoms with Crippen molar-refractivity contribution in [3.63, 3.8) is 0 Å². The quantitative estimate of drug-likeness (QED) is 0.428. The van der Waals surface area contributed by atoms with Gasteiger partial charge in [0.25, 0.3) is 11.8 Å². The molecule has 0 radical (unpaired) electrons. The van der Waals surface area contributed by atoms with Crippen LogP contribution in [0.5, 0.6) is 0 Å². The van der Waals surface area contributed by atoms with E-state index in [0.717, 1.165) is 26.6 Å². The molecule has 156 valence electrons. The lowest BCUT2D eigenvalue weighted by molar-refractivity contribution is -0.120. The highest BCUT2D eigenvalue weighted by Gasteiger charge is 2.40. The molecule has 0 spiro atoms. The van der Waals surface area contributed by atoms with Crippen molar-refractivity contribution in [2.45, 2.75) is 18.7 Å². The molecule has 0 unspecified atom stereocenters. The molecule has 4 nitrogen and oxygen atoms in total. The second kappa shape index (κ2) is 8.79. The van der Waals surface area contributed by atoms with Crippen molar-refractivity contribution >= 4 is 58.2 Å². The second-order valence-corrected chi connectivity index (χ2v) is 9.06. The summed E-state index contributed by atoms with van der Waals surface area (Å²) in [6.07, 6.45) is 0. The molecule has 0 saturated carbocycles. The molecule has 0 saturated heterocycles. The standard InChI is InChI=1S/C24H18Cl2N2O2S/c1-14-6-9-18(10-7-14)31-22-21(27-16-5-3-4-15(2)12-16)23(29)28(24(22)30)17-8-11-19(25)20(26)13-17/h3-13,27H,1-2H3. The molecule has 1 aliphatic rings. The number of imide groups is 1. The fraction of sp³-hybridized carbons (Fsp3) is 0.0833. The highest BCUT2D eigenvalue weighted by molar-refractivity contribution is 8.04. The van der Waals surface area contributed by atoms with Crippen LogP contribution in [0.2, 0.25) is 10.0 Å². The number of nitrogens with one attached hydrogen (secondary N) is 1. The van der Waals surface area contributed by atoms with Crippen LogP contribution in [0, 0.1) is 13.8 Å². The zero-order valence-electron chi connectivity index (χ0n) is 16.8. The molecule has 0 fully saturated rings. The summed E-state index contributed by atoms with van der Waals surface area (Å²) in [7, 11) is 0. The first-order valence-corrected chi connectivity index (χ1v) is 11.1. The van der Waals surface area contributed by atoms with Crippen molar-refractivity contribution in [2.75, 3.05) is 10.2 Å². The number of nitrogens with zero attached hydrogens (tertiary/aromatic N) is 1. The summed E-state index contributed by atoms with van der Waals surface area (Å²) in [4.78, 5) is 29.0. The van der Waals surface area contributed by atoms with Crippen molar-refractivity contribution in [1.82, 2.24) is 0 Å². The Morgan fingerprint density at radius 1 is 0.806 bits per heavy atom. The number of rotatable bonds is 5. The normalized spacial score (nSPS) is 13.9. The summed E-state index contributed by atoms with van der Waals surface area (Å²) in [5.74, 6) is -0.858. The van der Waals surface area contributed by atoms with Crippen LogP contribution < -0.4 is 10.2 Å². The summed E-state index contributed by atoms with van der Waals surface area (Å²) in [5.41, 5.74) is 3.48. The van der Waals surface area contributed by atoms with Crippen LogP contribution in [-0.2, 0) is 9.59 Å². The van der Waals surface area contributed by atoms with Gasteiger partial charge >= 0.3 is 0 Å². The summed E-state index contributed by atoms with van der Waals surface area (Å²) >= 11 is 13.4. The lowest BCUT2D eigenvalue weighted by Crippen LogP contribution is -2.32. The second-order valence-electron chi connectivity index (χ2n) is 7.16. The molecule has 0 aliphatic carbocycles. The van der Waals surface area contributed by atoms with Crippen molar-refractivity contribution in [1.29, 1.82) is 0 Å². The highest BCUT2D eigenvalue weighted by atomic mass is 35.5. The lowest BCUT2D eigenvalue weighted by Gasteiger charge is -2.16. The van der Waals surface area contributed by atoms with Crippen LogP contribution in [-0.4, -0.2) is 11.8 Å². The number of anilines is 2. The predicted molar refractivity (Wildman–Crippen MR) is 128 cm³/mol. The number of thioether (sulfide) groups is 1. The Balaban J connectivity index is 1.75. The molecule has 7 heteroatoms. The van der Waals surface area contributed by atoms with E-state index in [1.165, 1.54) is 17.8 Å². The van der Waals surface area contributed by atoms with Gasteiger partial charge in [-0.3, -0.25) is 9.59 Å². The van der Waals surface area contributed by atoms with Crippen LogP contribution in [0.3, 0.4) is 0 Å². The third kappa shape index (κ3) is 4.49. The Labute approximate surface area is 194 Å². The average Bonchev–Trinajstić information content (AvgIpc) is 2.96. The summed E-state index contributed by atoms with van der Waals surface area (Å²) in [6.45, 7) is 3.96. The molecule has 2 amide bonds. The monoisotopic (exact) mass is 468 g/mol. The molecule has 3 aromatic carbocycles. The van der Waals surface area contributed by atoms with Crippen LogP contribution in [0.15, 0.2) is 82.2 Å². The Morgan fingerprint density at radius 3 is 2.23 bits per heavy atom.